The van der Waals surface area contributed by atoms with Gasteiger partial charge in [-0.05, 0) is 25.1 Å². The third kappa shape index (κ3) is 5.30. The summed E-state index contributed by atoms with van der Waals surface area (Å²) >= 11 is 0. The highest BCUT2D eigenvalue weighted by Gasteiger charge is 2.23. The van der Waals surface area contributed by atoms with Gasteiger partial charge in [0.2, 0.25) is 0 Å². The van der Waals surface area contributed by atoms with Gasteiger partial charge in [-0.2, -0.15) is 0 Å². The topological polar surface area (TPSA) is 96.4 Å². The molecule has 0 saturated carbocycles. The number of aliphatic imine (C=N–C) groups is 1. The molecule has 0 atom stereocenters. The molecule has 8 nitrogen and oxygen atoms in total. The Kier molecular flexibility index (Phi) is 7.50. The number of fused-ring (bicyclic) bond motifs is 1. The van der Waals surface area contributed by atoms with Crippen LogP contribution in [0.3, 0.4) is 0 Å². The van der Waals surface area contributed by atoms with Gasteiger partial charge in [-0.3, -0.25) is 9.98 Å². The number of para-hydroxylation sites is 1. The third-order valence-corrected chi connectivity index (χ3v) is 6.13. The molecule has 0 aliphatic carbocycles. The Morgan fingerprint density at radius 1 is 1.05 bits per heavy atom. The number of rotatable bonds is 9. The maximum Gasteiger partial charge on any atom is 0.180 e. The van der Waals surface area contributed by atoms with E-state index in [1.807, 2.05) is 36.4 Å². The van der Waals surface area contributed by atoms with E-state index in [4.69, 9.17) is 14.7 Å². The highest BCUT2D eigenvalue weighted by molar-refractivity contribution is 6.14. The van der Waals surface area contributed by atoms with Crippen molar-refractivity contribution >= 4 is 22.9 Å². The second-order valence-electron chi connectivity index (χ2n) is 8.56. The van der Waals surface area contributed by atoms with Gasteiger partial charge in [0, 0.05) is 79.3 Å². The minimum Gasteiger partial charge on any atom is -0.494 e. The summed E-state index contributed by atoms with van der Waals surface area (Å²) in [7, 11) is 1.67. The van der Waals surface area contributed by atoms with E-state index in [0.717, 1.165) is 16.9 Å². The summed E-state index contributed by atoms with van der Waals surface area (Å²) in [5, 5.41) is 9.85. The predicted octanol–water partition coefficient (Wildman–Crippen LogP) is 4.97. The van der Waals surface area contributed by atoms with Gasteiger partial charge in [0.25, 0.3) is 0 Å². The number of nitrogens with one attached hydrogen (secondary N) is 3. The minimum absolute atomic E-state index is 0.0676. The van der Waals surface area contributed by atoms with Gasteiger partial charge in [-0.15, -0.1) is 0 Å². The number of nitrogens with zero attached hydrogens (tertiary/aromatic N) is 4. The molecule has 1 aliphatic heterocycles. The van der Waals surface area contributed by atoms with E-state index in [2.05, 4.69) is 25.9 Å². The third-order valence-electron chi connectivity index (χ3n) is 6.13. The molecular weight excluding hydrogens is 488 g/mol. The molecule has 3 N–H and O–H groups in total. The van der Waals surface area contributed by atoms with Crippen LogP contribution < -0.4 is 20.7 Å². The lowest BCUT2D eigenvalue weighted by atomic mass is 10.1. The Bertz CT molecular complexity index is 1450. The van der Waals surface area contributed by atoms with E-state index < -0.39 is 11.6 Å². The fourth-order valence-electron chi connectivity index (χ4n) is 4.32. The predicted molar refractivity (Wildman–Crippen MR) is 143 cm³/mol. The van der Waals surface area contributed by atoms with Gasteiger partial charge in [-0.1, -0.05) is 18.2 Å². The molecule has 0 amide bonds. The quantitative estimate of drug-likeness (QED) is 0.271. The van der Waals surface area contributed by atoms with Crippen molar-refractivity contribution in [2.24, 2.45) is 4.99 Å². The van der Waals surface area contributed by atoms with Gasteiger partial charge >= 0.3 is 0 Å². The average molecular weight is 516 g/mol. The maximum atomic E-state index is 14.7. The van der Waals surface area contributed by atoms with Crippen LogP contribution in [0.2, 0.25) is 0 Å². The number of halogens is 2. The van der Waals surface area contributed by atoms with Crippen LogP contribution >= 0.6 is 0 Å². The molecule has 10 heteroatoms. The van der Waals surface area contributed by atoms with Crippen molar-refractivity contribution in [1.82, 2.24) is 20.3 Å². The zero-order valence-corrected chi connectivity index (χ0v) is 21.1. The van der Waals surface area contributed by atoms with E-state index in [-0.39, 0.29) is 17.9 Å². The summed E-state index contributed by atoms with van der Waals surface area (Å²) in [6, 6.07) is 13.5. The summed E-state index contributed by atoms with van der Waals surface area (Å²) < 4.78 is 34.5. The first-order valence-electron chi connectivity index (χ1n) is 12.3. The van der Waals surface area contributed by atoms with Gasteiger partial charge < -0.3 is 20.7 Å². The molecule has 0 bridgehead atoms. The monoisotopic (exact) mass is 515 g/mol. The standard InChI is InChI=1S/C28H27F2N7O/c1-3-38-18-12-22(29)20(23(30)13-18)15-34-24-7-5-4-6-19(24)26(31-2)28-36-25-16-33-14-21(25)27(37-28)35-17-8-10-32-11-9-17/h4-13,33-34H,3,14-16H2,1-2H3,(H,32,35,36,37). The van der Waals surface area contributed by atoms with Crippen LogP contribution in [0.1, 0.15) is 35.1 Å². The fourth-order valence-corrected chi connectivity index (χ4v) is 4.32. The van der Waals surface area contributed by atoms with Crippen LogP contribution in [0, 0.1) is 11.6 Å². The second kappa shape index (κ2) is 11.3. The van der Waals surface area contributed by atoms with E-state index in [1.54, 1.807) is 26.4 Å². The van der Waals surface area contributed by atoms with E-state index in [9.17, 15) is 8.78 Å². The maximum absolute atomic E-state index is 14.7. The van der Waals surface area contributed by atoms with Crippen molar-refractivity contribution in [1.29, 1.82) is 0 Å². The molecule has 0 unspecified atom stereocenters. The van der Waals surface area contributed by atoms with E-state index >= 15 is 0 Å². The molecule has 0 radical (unpaired) electrons. The Morgan fingerprint density at radius 3 is 2.55 bits per heavy atom. The zero-order chi connectivity index (χ0) is 26.5. The lowest BCUT2D eigenvalue weighted by Gasteiger charge is -2.16. The lowest BCUT2D eigenvalue weighted by Crippen LogP contribution is -2.15. The number of hydrogen-bond acceptors (Lipinski definition) is 8. The molecule has 38 heavy (non-hydrogen) atoms. The van der Waals surface area contributed by atoms with Gasteiger partial charge in [0.05, 0.1) is 12.3 Å². The van der Waals surface area contributed by atoms with Crippen LogP contribution in [0.25, 0.3) is 0 Å². The Labute approximate surface area is 219 Å². The van der Waals surface area contributed by atoms with Crippen LogP contribution in [-0.4, -0.2) is 34.3 Å². The molecule has 2 aromatic heterocycles. The van der Waals surface area contributed by atoms with Gasteiger partial charge in [-0.25, -0.2) is 18.7 Å². The second-order valence-corrected chi connectivity index (χ2v) is 8.56. The normalized spacial score (nSPS) is 12.8. The highest BCUT2D eigenvalue weighted by Crippen LogP contribution is 2.28. The van der Waals surface area contributed by atoms with E-state index in [0.29, 0.717) is 48.3 Å². The van der Waals surface area contributed by atoms with Crippen LogP contribution in [0.4, 0.5) is 26.0 Å². The fraction of sp³-hybridized carbons (Fsp3) is 0.214. The minimum atomic E-state index is -0.677. The van der Waals surface area contributed by atoms with Crippen molar-refractivity contribution in [2.75, 3.05) is 24.3 Å². The van der Waals surface area contributed by atoms with Crippen LogP contribution in [0.5, 0.6) is 5.75 Å². The van der Waals surface area contributed by atoms with Crippen molar-refractivity contribution in [3.05, 3.63) is 101 Å². The largest absolute Gasteiger partial charge is 0.494 e. The summed E-state index contributed by atoms with van der Waals surface area (Å²) in [6.45, 7) is 3.28. The lowest BCUT2D eigenvalue weighted by molar-refractivity contribution is 0.335. The molecule has 1 aliphatic rings. The summed E-state index contributed by atoms with van der Waals surface area (Å²) in [5.41, 5.74) is 4.56. The number of ether oxygens (including phenoxy) is 1. The molecule has 0 saturated heterocycles. The van der Waals surface area contributed by atoms with Gasteiger partial charge in [0.15, 0.2) is 5.82 Å². The van der Waals surface area contributed by atoms with Gasteiger partial charge in [0.1, 0.15) is 28.9 Å². The molecule has 5 rings (SSSR count). The molecule has 3 heterocycles. The molecule has 2 aromatic carbocycles. The summed E-state index contributed by atoms with van der Waals surface area (Å²) in [6.07, 6.45) is 3.42. The average Bonchev–Trinajstić information content (AvgIpc) is 3.39. The first-order chi connectivity index (χ1) is 18.6. The first kappa shape index (κ1) is 25.2. The van der Waals surface area contributed by atoms with Crippen LogP contribution in [-0.2, 0) is 19.6 Å². The van der Waals surface area contributed by atoms with Crippen molar-refractivity contribution in [2.45, 2.75) is 26.6 Å². The SMILES string of the molecule is CCOc1cc(F)c(CNc2ccccc2C(=NC)c2nc3c(c(Nc4ccncc4)n2)CNC3)c(F)c1. The number of anilines is 3. The first-order valence-corrected chi connectivity index (χ1v) is 12.3. The molecule has 194 valence electrons. The summed E-state index contributed by atoms with van der Waals surface area (Å²) in [4.78, 5) is 18.2. The molecule has 0 spiro atoms. The summed E-state index contributed by atoms with van der Waals surface area (Å²) in [5.74, 6) is -0.0646. The number of benzene rings is 2. The Hall–Kier alpha value is -4.44. The Morgan fingerprint density at radius 2 is 1.82 bits per heavy atom. The molecule has 0 fully saturated rings. The molecule has 4 aromatic rings. The highest BCUT2D eigenvalue weighted by atomic mass is 19.1. The zero-order valence-electron chi connectivity index (χ0n) is 21.1. The Balaban J connectivity index is 1.46. The van der Waals surface area contributed by atoms with Crippen LogP contribution in [0.15, 0.2) is 65.9 Å². The molecular formula is C28H27F2N7O. The number of pyridine rings is 1. The van der Waals surface area contributed by atoms with E-state index in [1.165, 1.54) is 12.1 Å². The number of aromatic nitrogens is 3. The van der Waals surface area contributed by atoms with Crippen molar-refractivity contribution in [3.8, 4) is 5.75 Å². The van der Waals surface area contributed by atoms with Crippen molar-refractivity contribution in [3.63, 3.8) is 0 Å². The van der Waals surface area contributed by atoms with Crippen molar-refractivity contribution < 1.29 is 13.5 Å². The smallest absolute Gasteiger partial charge is 0.180 e. The number of hydrogen-bond donors (Lipinski definition) is 3.